The van der Waals surface area contributed by atoms with Gasteiger partial charge in [-0.1, -0.05) is 11.6 Å². The van der Waals surface area contributed by atoms with Crippen LogP contribution in [0.15, 0.2) is 23.1 Å². The second kappa shape index (κ2) is 7.52. The average Bonchev–Trinajstić information content (AvgIpc) is 2.51. The number of phenols is 1. The molecule has 96 valence electrons. The molecule has 1 atom stereocenters. The van der Waals surface area contributed by atoms with E-state index in [-0.39, 0.29) is 22.7 Å². The van der Waals surface area contributed by atoms with Crippen LogP contribution in [0.5, 0.6) is 5.75 Å². The summed E-state index contributed by atoms with van der Waals surface area (Å²) in [5, 5.41) is 14.0. The molecule has 1 aromatic rings. The molecule has 1 heterocycles. The maximum absolute atomic E-state index is 9.28. The van der Waals surface area contributed by atoms with Crippen LogP contribution in [0.4, 0.5) is 0 Å². The maximum atomic E-state index is 9.28. The third-order valence-corrected chi connectivity index (χ3v) is 4.57. The Balaban J connectivity index is 0.00000144. The van der Waals surface area contributed by atoms with Crippen LogP contribution < -0.4 is 5.32 Å². The lowest BCUT2D eigenvalue weighted by Gasteiger charge is -2.14. The van der Waals surface area contributed by atoms with Crippen molar-refractivity contribution < 1.29 is 5.11 Å². The smallest absolute Gasteiger partial charge is 0.117 e. The van der Waals surface area contributed by atoms with Crippen molar-refractivity contribution in [3.8, 4) is 5.75 Å². The summed E-state index contributed by atoms with van der Waals surface area (Å²) < 4.78 is 0. The van der Waals surface area contributed by atoms with Gasteiger partial charge in [0.25, 0.3) is 0 Å². The molecule has 0 radical (unpaired) electrons. The van der Waals surface area contributed by atoms with Crippen molar-refractivity contribution in [2.45, 2.75) is 29.4 Å². The summed E-state index contributed by atoms with van der Waals surface area (Å²) >= 11 is 7.92. The lowest BCUT2D eigenvalue weighted by atomic mass is 10.2. The Kier molecular flexibility index (Phi) is 6.70. The lowest BCUT2D eigenvalue weighted by molar-refractivity contribution is 0.475. The Morgan fingerprint density at radius 1 is 1.29 bits per heavy atom. The molecule has 0 saturated carbocycles. The third-order valence-electron chi connectivity index (χ3n) is 2.73. The lowest BCUT2D eigenvalue weighted by Crippen LogP contribution is -2.14. The zero-order valence-corrected chi connectivity index (χ0v) is 12.8. The summed E-state index contributed by atoms with van der Waals surface area (Å²) in [7, 11) is 0. The monoisotopic (exact) mass is 337 g/mol. The number of thioether (sulfide) groups is 1. The van der Waals surface area contributed by atoms with Crippen molar-refractivity contribution in [2.75, 3.05) is 13.1 Å². The highest BCUT2D eigenvalue weighted by Gasteiger charge is 2.14. The molecule has 17 heavy (non-hydrogen) atoms. The molecule has 0 unspecified atom stereocenters. The van der Waals surface area contributed by atoms with Crippen LogP contribution in [0, 0.1) is 0 Å². The summed E-state index contributed by atoms with van der Waals surface area (Å²) in [6.07, 6.45) is 3.64. The van der Waals surface area contributed by atoms with E-state index in [0.717, 1.165) is 18.0 Å². The topological polar surface area (TPSA) is 32.3 Å². The highest BCUT2D eigenvalue weighted by molar-refractivity contribution is 8.93. The van der Waals surface area contributed by atoms with Crippen LogP contribution in [-0.4, -0.2) is 23.4 Å². The van der Waals surface area contributed by atoms with Gasteiger partial charge in [-0.15, -0.1) is 28.7 Å². The summed E-state index contributed by atoms with van der Waals surface area (Å²) in [6.45, 7) is 2.22. The third kappa shape index (κ3) is 4.70. The summed E-state index contributed by atoms with van der Waals surface area (Å²) in [5.74, 6) is 0.233. The quantitative estimate of drug-likeness (QED) is 0.859. The number of hydrogen-bond donors (Lipinski definition) is 2. The molecule has 0 bridgehead atoms. The van der Waals surface area contributed by atoms with Gasteiger partial charge in [-0.2, -0.15) is 0 Å². The largest absolute Gasteiger partial charge is 0.508 e. The van der Waals surface area contributed by atoms with Crippen LogP contribution in [0.1, 0.15) is 19.3 Å². The fourth-order valence-corrected chi connectivity index (χ4v) is 3.38. The molecule has 0 amide bonds. The Bertz CT molecular complexity index is 356. The number of rotatable bonds is 2. The Hall–Kier alpha value is 0.1000. The van der Waals surface area contributed by atoms with E-state index in [4.69, 9.17) is 11.6 Å². The zero-order valence-electron chi connectivity index (χ0n) is 9.49. The second-order valence-electron chi connectivity index (χ2n) is 4.04. The van der Waals surface area contributed by atoms with Gasteiger partial charge in [-0.25, -0.2) is 0 Å². The molecule has 1 aromatic carbocycles. The van der Waals surface area contributed by atoms with E-state index >= 15 is 0 Å². The number of hydrogen-bond acceptors (Lipinski definition) is 3. The maximum Gasteiger partial charge on any atom is 0.117 e. The average molecular weight is 339 g/mol. The van der Waals surface area contributed by atoms with Gasteiger partial charge in [0.05, 0.1) is 5.02 Å². The predicted molar refractivity (Wildman–Crippen MR) is 79.8 cm³/mol. The fraction of sp³-hybridized carbons (Fsp3) is 0.500. The first-order valence-electron chi connectivity index (χ1n) is 5.61. The summed E-state index contributed by atoms with van der Waals surface area (Å²) in [4.78, 5) is 1.08. The molecule has 5 heteroatoms. The minimum absolute atomic E-state index is 0. The molecule has 1 fully saturated rings. The van der Waals surface area contributed by atoms with Gasteiger partial charge in [-0.05, 0) is 50.6 Å². The standard InChI is InChI=1S/C12H16ClNOS.BrH/c13-11-8-9(15)3-4-12(11)16-10-2-1-6-14-7-5-10;/h3-4,8,10,14-15H,1-2,5-7H2;1H/t10-;/m1./s1. The summed E-state index contributed by atoms with van der Waals surface area (Å²) in [6, 6.07) is 5.21. The molecule has 2 rings (SSSR count). The van der Waals surface area contributed by atoms with E-state index in [1.54, 1.807) is 12.1 Å². The first kappa shape index (κ1) is 15.2. The number of benzene rings is 1. The van der Waals surface area contributed by atoms with E-state index in [2.05, 4.69) is 5.32 Å². The van der Waals surface area contributed by atoms with Crippen molar-refractivity contribution in [1.82, 2.24) is 5.32 Å². The molecular formula is C12H17BrClNOS. The van der Waals surface area contributed by atoms with Gasteiger partial charge in [-0.3, -0.25) is 0 Å². The van der Waals surface area contributed by atoms with E-state index < -0.39 is 0 Å². The van der Waals surface area contributed by atoms with Crippen LogP contribution >= 0.6 is 40.3 Å². The van der Waals surface area contributed by atoms with Gasteiger partial charge >= 0.3 is 0 Å². The van der Waals surface area contributed by atoms with Crippen molar-refractivity contribution in [1.29, 1.82) is 0 Å². The molecule has 0 spiro atoms. The van der Waals surface area contributed by atoms with Gasteiger partial charge in [0, 0.05) is 10.1 Å². The molecule has 1 aliphatic rings. The fourth-order valence-electron chi connectivity index (χ4n) is 1.87. The number of aromatic hydroxyl groups is 1. The minimum Gasteiger partial charge on any atom is -0.508 e. The van der Waals surface area contributed by atoms with Crippen molar-refractivity contribution in [3.05, 3.63) is 23.2 Å². The van der Waals surface area contributed by atoms with Crippen LogP contribution in [-0.2, 0) is 0 Å². The van der Waals surface area contributed by atoms with Crippen molar-refractivity contribution >= 4 is 40.3 Å². The van der Waals surface area contributed by atoms with E-state index in [0.29, 0.717) is 10.3 Å². The summed E-state index contributed by atoms with van der Waals surface area (Å²) in [5.41, 5.74) is 0. The Morgan fingerprint density at radius 3 is 2.88 bits per heavy atom. The molecule has 2 N–H and O–H groups in total. The van der Waals surface area contributed by atoms with E-state index in [1.165, 1.54) is 19.3 Å². The molecule has 2 nitrogen and oxygen atoms in total. The van der Waals surface area contributed by atoms with Crippen LogP contribution in [0.2, 0.25) is 5.02 Å². The number of nitrogens with one attached hydrogen (secondary N) is 1. The Morgan fingerprint density at radius 2 is 2.12 bits per heavy atom. The van der Waals surface area contributed by atoms with Gasteiger partial charge in [0.2, 0.25) is 0 Å². The SMILES string of the molecule is Br.Oc1ccc(S[C@@H]2CCCNCC2)c(Cl)c1. The molecule has 1 saturated heterocycles. The molecule has 0 aromatic heterocycles. The first-order valence-corrected chi connectivity index (χ1v) is 6.87. The highest BCUT2D eigenvalue weighted by Crippen LogP contribution is 2.35. The molecule has 1 aliphatic heterocycles. The highest BCUT2D eigenvalue weighted by atomic mass is 79.9. The first-order chi connectivity index (χ1) is 7.75. The number of phenolic OH excluding ortho intramolecular Hbond substituents is 1. The van der Waals surface area contributed by atoms with E-state index in [9.17, 15) is 5.11 Å². The van der Waals surface area contributed by atoms with Crippen LogP contribution in [0.3, 0.4) is 0 Å². The molecule has 0 aliphatic carbocycles. The minimum atomic E-state index is 0. The second-order valence-corrected chi connectivity index (χ2v) is 5.78. The van der Waals surface area contributed by atoms with Gasteiger partial charge in [0.15, 0.2) is 0 Å². The van der Waals surface area contributed by atoms with Crippen molar-refractivity contribution in [3.63, 3.8) is 0 Å². The normalized spacial score (nSPS) is 20.4. The van der Waals surface area contributed by atoms with E-state index in [1.807, 2.05) is 17.8 Å². The predicted octanol–water partition coefficient (Wildman–Crippen LogP) is 3.86. The zero-order chi connectivity index (χ0) is 11.4. The van der Waals surface area contributed by atoms with Crippen molar-refractivity contribution in [2.24, 2.45) is 0 Å². The van der Waals surface area contributed by atoms with Gasteiger partial charge in [0.1, 0.15) is 5.75 Å². The number of halogens is 2. The Labute approximate surface area is 122 Å². The van der Waals surface area contributed by atoms with Gasteiger partial charge < -0.3 is 10.4 Å². The molecular weight excluding hydrogens is 322 g/mol. The van der Waals surface area contributed by atoms with Crippen LogP contribution in [0.25, 0.3) is 0 Å².